The number of aromatic hydroxyl groups is 1. The lowest BCUT2D eigenvalue weighted by molar-refractivity contribution is -0.120. The molecule has 3 heterocycles. The quantitative estimate of drug-likeness (QED) is 0.773. The third-order valence-electron chi connectivity index (χ3n) is 6.12. The van der Waals surface area contributed by atoms with Crippen LogP contribution in [0.3, 0.4) is 0 Å². The van der Waals surface area contributed by atoms with Crippen molar-refractivity contribution in [3.63, 3.8) is 0 Å². The van der Waals surface area contributed by atoms with Crippen LogP contribution >= 0.6 is 0 Å². The zero-order valence-corrected chi connectivity index (χ0v) is 18.1. The molecule has 0 radical (unpaired) electrons. The summed E-state index contributed by atoms with van der Waals surface area (Å²) >= 11 is 0. The highest BCUT2D eigenvalue weighted by molar-refractivity contribution is 5.80. The summed E-state index contributed by atoms with van der Waals surface area (Å²) in [4.78, 5) is 26.9. The maximum Gasteiger partial charge on any atom is 0.410 e. The molecule has 2 aliphatic heterocycles. The van der Waals surface area contributed by atoms with Gasteiger partial charge in [0.2, 0.25) is 5.91 Å². The van der Waals surface area contributed by atoms with Gasteiger partial charge in [-0.15, -0.1) is 0 Å². The Morgan fingerprint density at radius 1 is 1.29 bits per heavy atom. The van der Waals surface area contributed by atoms with Gasteiger partial charge in [-0.25, -0.2) is 9.48 Å². The summed E-state index contributed by atoms with van der Waals surface area (Å²) < 4.78 is 7.37. The van der Waals surface area contributed by atoms with Crippen LogP contribution in [0.5, 0.6) is 5.75 Å². The fourth-order valence-electron chi connectivity index (χ4n) is 4.58. The van der Waals surface area contributed by atoms with Crippen LogP contribution in [0, 0.1) is 0 Å². The average Bonchev–Trinajstić information content (AvgIpc) is 3.49. The number of rotatable bonds is 2. The Kier molecular flexibility index (Phi) is 4.50. The van der Waals surface area contributed by atoms with Crippen molar-refractivity contribution in [2.45, 2.75) is 64.0 Å². The molecule has 0 spiro atoms. The second kappa shape index (κ2) is 7.00. The molecule has 0 saturated heterocycles. The highest BCUT2D eigenvalue weighted by Gasteiger charge is 2.40. The highest BCUT2D eigenvalue weighted by atomic mass is 16.6. The molecule has 1 aromatic heterocycles. The minimum absolute atomic E-state index is 0.126. The van der Waals surface area contributed by atoms with E-state index in [1.807, 2.05) is 39.0 Å². The second-order valence-corrected chi connectivity index (χ2v) is 9.66. The van der Waals surface area contributed by atoms with Crippen LogP contribution in [0.2, 0.25) is 0 Å². The van der Waals surface area contributed by atoms with Crippen molar-refractivity contribution in [1.82, 2.24) is 20.0 Å². The van der Waals surface area contributed by atoms with E-state index in [-0.39, 0.29) is 24.1 Å². The minimum Gasteiger partial charge on any atom is -0.506 e. The molecular formula is C23H28N4O4. The van der Waals surface area contributed by atoms with E-state index in [4.69, 9.17) is 9.84 Å². The third kappa shape index (κ3) is 3.64. The van der Waals surface area contributed by atoms with E-state index in [1.54, 1.807) is 9.58 Å². The molecule has 3 aliphatic rings. The molecule has 1 fully saturated rings. The van der Waals surface area contributed by atoms with E-state index in [2.05, 4.69) is 5.32 Å². The Bertz CT molecular complexity index is 1060. The fraction of sp³-hybridized carbons (Fsp3) is 0.522. The summed E-state index contributed by atoms with van der Waals surface area (Å²) in [5.74, 6) is 0.608. The van der Waals surface area contributed by atoms with Gasteiger partial charge in [0, 0.05) is 25.1 Å². The summed E-state index contributed by atoms with van der Waals surface area (Å²) in [6.45, 7) is 6.29. The number of ether oxygens (including phenoxy) is 1. The number of carbonyl (C=O) groups is 2. The molecule has 1 aromatic carbocycles. The van der Waals surface area contributed by atoms with Gasteiger partial charge in [-0.1, -0.05) is 6.07 Å². The molecule has 8 heteroatoms. The standard InChI is InChI=1S/C23H28N4O4/c1-23(2,3)31-22(30)26-9-8-17-21-15(11-20(29)24-12-18(21)26)25-27(17)16-7-6-14(10-19(16)28)13-4-5-13/h6-7,10,13,18,28H,4-5,8-9,11-12H2,1-3H3,(H,24,29). The van der Waals surface area contributed by atoms with Gasteiger partial charge >= 0.3 is 6.09 Å². The van der Waals surface area contributed by atoms with Crippen molar-refractivity contribution < 1.29 is 19.4 Å². The zero-order valence-electron chi connectivity index (χ0n) is 18.1. The van der Waals surface area contributed by atoms with Crippen molar-refractivity contribution in [3.05, 3.63) is 40.7 Å². The van der Waals surface area contributed by atoms with Crippen molar-refractivity contribution in [1.29, 1.82) is 0 Å². The Balaban J connectivity index is 1.55. The van der Waals surface area contributed by atoms with Crippen molar-refractivity contribution in [2.75, 3.05) is 13.1 Å². The van der Waals surface area contributed by atoms with Crippen LogP contribution in [0.1, 0.15) is 68.1 Å². The largest absolute Gasteiger partial charge is 0.506 e. The van der Waals surface area contributed by atoms with Gasteiger partial charge in [0.15, 0.2) is 0 Å². The van der Waals surface area contributed by atoms with E-state index >= 15 is 0 Å². The molecule has 5 rings (SSSR count). The van der Waals surface area contributed by atoms with E-state index in [0.29, 0.717) is 36.8 Å². The maximum atomic E-state index is 12.9. The van der Waals surface area contributed by atoms with Crippen molar-refractivity contribution >= 4 is 12.0 Å². The summed E-state index contributed by atoms with van der Waals surface area (Å²) in [7, 11) is 0. The highest BCUT2D eigenvalue weighted by Crippen LogP contribution is 2.43. The Labute approximate surface area is 181 Å². The predicted molar refractivity (Wildman–Crippen MR) is 113 cm³/mol. The number of carbonyl (C=O) groups excluding carboxylic acids is 2. The molecule has 2 N–H and O–H groups in total. The lowest BCUT2D eigenvalue weighted by Gasteiger charge is -2.36. The second-order valence-electron chi connectivity index (χ2n) is 9.66. The topological polar surface area (TPSA) is 96.7 Å². The van der Waals surface area contributed by atoms with Gasteiger partial charge in [-0.3, -0.25) is 9.69 Å². The molecule has 2 aromatic rings. The van der Waals surface area contributed by atoms with Crippen LogP contribution in [0.4, 0.5) is 4.79 Å². The molecule has 1 atom stereocenters. The molecule has 1 saturated carbocycles. The normalized spacial score (nSPS) is 20.7. The van der Waals surface area contributed by atoms with Gasteiger partial charge in [0.25, 0.3) is 0 Å². The molecule has 1 aliphatic carbocycles. The SMILES string of the molecule is CC(C)(C)OC(=O)N1CCc2c3c(nn2-c2ccc(C4CC4)cc2O)CC(=O)NCC31. The number of nitrogens with zero attached hydrogens (tertiary/aromatic N) is 3. The first-order valence-corrected chi connectivity index (χ1v) is 10.9. The maximum absolute atomic E-state index is 12.9. The summed E-state index contributed by atoms with van der Waals surface area (Å²) in [6, 6.07) is 5.43. The van der Waals surface area contributed by atoms with Gasteiger partial charge in [0.05, 0.1) is 23.9 Å². The molecule has 2 amide bonds. The monoisotopic (exact) mass is 424 g/mol. The lowest BCUT2D eigenvalue weighted by atomic mass is 9.96. The summed E-state index contributed by atoms with van der Waals surface area (Å²) in [5, 5.41) is 18.4. The molecule has 31 heavy (non-hydrogen) atoms. The molecule has 0 bridgehead atoms. The average molecular weight is 425 g/mol. The first-order valence-electron chi connectivity index (χ1n) is 10.9. The molecule has 164 valence electrons. The van der Waals surface area contributed by atoms with Gasteiger partial charge in [-0.05, 0) is 57.2 Å². The summed E-state index contributed by atoms with van der Waals surface area (Å²) in [6.07, 6.45) is 2.65. The Morgan fingerprint density at radius 2 is 2.06 bits per heavy atom. The van der Waals surface area contributed by atoms with Gasteiger partial charge in [-0.2, -0.15) is 5.10 Å². The Hall–Kier alpha value is -3.03. The molecule has 8 nitrogen and oxygen atoms in total. The molecule has 1 unspecified atom stereocenters. The summed E-state index contributed by atoms with van der Waals surface area (Å²) in [5.41, 5.74) is 3.63. The number of hydrogen-bond acceptors (Lipinski definition) is 5. The van der Waals surface area contributed by atoms with Crippen LogP contribution in [-0.2, 0) is 22.4 Å². The Morgan fingerprint density at radius 3 is 2.74 bits per heavy atom. The van der Waals surface area contributed by atoms with Crippen LogP contribution in [0.15, 0.2) is 18.2 Å². The first-order chi connectivity index (χ1) is 14.7. The number of phenols is 1. The van der Waals surface area contributed by atoms with Gasteiger partial charge < -0.3 is 15.2 Å². The van der Waals surface area contributed by atoms with Crippen LogP contribution in [-0.4, -0.2) is 50.5 Å². The number of phenolic OH excluding ortho intramolecular Hbond substituents is 1. The van der Waals surface area contributed by atoms with E-state index in [0.717, 1.165) is 29.7 Å². The van der Waals surface area contributed by atoms with Gasteiger partial charge in [0.1, 0.15) is 17.0 Å². The smallest absolute Gasteiger partial charge is 0.410 e. The zero-order chi connectivity index (χ0) is 21.9. The predicted octanol–water partition coefficient (Wildman–Crippen LogP) is 2.96. The van der Waals surface area contributed by atoms with Crippen LogP contribution in [0.25, 0.3) is 5.69 Å². The minimum atomic E-state index is -0.604. The van der Waals surface area contributed by atoms with Crippen molar-refractivity contribution in [3.8, 4) is 11.4 Å². The van der Waals surface area contributed by atoms with E-state index in [9.17, 15) is 14.7 Å². The number of aromatic nitrogens is 2. The molecular weight excluding hydrogens is 396 g/mol. The van der Waals surface area contributed by atoms with Crippen molar-refractivity contribution in [2.24, 2.45) is 0 Å². The fourth-order valence-corrected chi connectivity index (χ4v) is 4.58. The third-order valence-corrected chi connectivity index (χ3v) is 6.12. The van der Waals surface area contributed by atoms with E-state index in [1.165, 1.54) is 0 Å². The lowest BCUT2D eigenvalue weighted by Crippen LogP contribution is -2.46. The number of benzene rings is 1. The van der Waals surface area contributed by atoms with E-state index < -0.39 is 11.7 Å². The number of hydrogen-bond donors (Lipinski definition) is 2. The number of nitrogens with one attached hydrogen (secondary N) is 1. The van der Waals surface area contributed by atoms with Crippen LogP contribution < -0.4 is 5.32 Å². The number of amides is 2. The first kappa shape index (κ1) is 19.9.